The molecule has 0 aliphatic heterocycles. The number of rotatable bonds is 3. The van der Waals surface area contributed by atoms with Crippen molar-refractivity contribution in [3.05, 3.63) is 34.9 Å². The summed E-state index contributed by atoms with van der Waals surface area (Å²) in [5.74, 6) is 0. The number of halogens is 1. The van der Waals surface area contributed by atoms with Gasteiger partial charge in [-0.3, -0.25) is 0 Å². The highest BCUT2D eigenvalue weighted by Gasteiger charge is 2.04. The van der Waals surface area contributed by atoms with Crippen molar-refractivity contribution in [1.29, 1.82) is 0 Å². The molecule has 0 radical (unpaired) electrons. The summed E-state index contributed by atoms with van der Waals surface area (Å²) in [6, 6.07) is 7.62. The summed E-state index contributed by atoms with van der Waals surface area (Å²) in [6.45, 7) is 0. The number of hydrogen-bond acceptors (Lipinski definition) is 2. The maximum absolute atomic E-state index is 5.91. The van der Waals surface area contributed by atoms with E-state index < -0.39 is 0 Å². The molecule has 2 N–H and O–H groups in total. The number of methoxy groups -OCH3 is 1. The molecule has 0 saturated carbocycles. The highest BCUT2D eigenvalue weighted by atomic mass is 35.5. The fourth-order valence-corrected chi connectivity index (χ4v) is 1.18. The van der Waals surface area contributed by atoms with Crippen LogP contribution < -0.4 is 5.73 Å². The zero-order valence-corrected chi connectivity index (χ0v) is 7.71. The van der Waals surface area contributed by atoms with Gasteiger partial charge in [0, 0.05) is 18.6 Å². The van der Waals surface area contributed by atoms with Crippen LogP contribution in [0.5, 0.6) is 0 Å². The van der Waals surface area contributed by atoms with Crippen molar-refractivity contribution in [2.24, 2.45) is 5.73 Å². The van der Waals surface area contributed by atoms with Gasteiger partial charge in [-0.1, -0.05) is 29.8 Å². The molecule has 1 rings (SSSR count). The van der Waals surface area contributed by atoms with Crippen molar-refractivity contribution < 1.29 is 4.74 Å². The smallest absolute Gasteiger partial charge is 0.109 e. The van der Waals surface area contributed by atoms with Crippen LogP contribution in [-0.4, -0.2) is 13.3 Å². The molecule has 0 fully saturated rings. The summed E-state index contributed by atoms with van der Waals surface area (Å²) in [5.41, 5.74) is 6.61. The molecule has 2 nitrogen and oxygen atoms in total. The van der Waals surface area contributed by atoms with Crippen molar-refractivity contribution in [3.63, 3.8) is 0 Å². The van der Waals surface area contributed by atoms with Gasteiger partial charge in [0.05, 0.1) is 0 Å². The largest absolute Gasteiger partial charge is 0.366 e. The standard InChI is InChI=1S/C9H12ClNO/c1-12-9(11)6-7-4-2-3-5-8(7)10/h2-5,9H,6,11H2,1H3. The van der Waals surface area contributed by atoms with Crippen LogP contribution in [-0.2, 0) is 11.2 Å². The summed E-state index contributed by atoms with van der Waals surface area (Å²) >= 11 is 5.91. The predicted molar refractivity (Wildman–Crippen MR) is 50.1 cm³/mol. The molecule has 3 heteroatoms. The Bertz CT molecular complexity index is 252. The Morgan fingerprint density at radius 1 is 1.50 bits per heavy atom. The summed E-state index contributed by atoms with van der Waals surface area (Å²) in [7, 11) is 1.58. The minimum Gasteiger partial charge on any atom is -0.366 e. The van der Waals surface area contributed by atoms with Crippen LogP contribution in [0.15, 0.2) is 24.3 Å². The quantitative estimate of drug-likeness (QED) is 0.730. The van der Waals surface area contributed by atoms with Crippen LogP contribution in [0.3, 0.4) is 0 Å². The average molecular weight is 186 g/mol. The molecule has 0 aliphatic carbocycles. The van der Waals surface area contributed by atoms with E-state index in [1.807, 2.05) is 24.3 Å². The first-order chi connectivity index (χ1) is 5.74. The van der Waals surface area contributed by atoms with E-state index in [1.54, 1.807) is 7.11 Å². The van der Waals surface area contributed by atoms with Crippen molar-refractivity contribution in [1.82, 2.24) is 0 Å². The SMILES string of the molecule is COC(N)Cc1ccccc1Cl. The minimum absolute atomic E-state index is 0.273. The van der Waals surface area contributed by atoms with E-state index in [0.717, 1.165) is 10.6 Å². The predicted octanol–water partition coefficient (Wildman–Crippen LogP) is 1.81. The van der Waals surface area contributed by atoms with E-state index in [2.05, 4.69) is 0 Å². The van der Waals surface area contributed by atoms with E-state index in [0.29, 0.717) is 6.42 Å². The molecule has 0 saturated heterocycles. The third-order valence-corrected chi connectivity index (χ3v) is 2.05. The topological polar surface area (TPSA) is 35.2 Å². The van der Waals surface area contributed by atoms with Crippen LogP contribution in [0.2, 0.25) is 5.02 Å². The molecule has 0 bridgehead atoms. The Labute approximate surface area is 77.3 Å². The Morgan fingerprint density at radius 2 is 2.17 bits per heavy atom. The normalized spacial score (nSPS) is 12.9. The van der Waals surface area contributed by atoms with Gasteiger partial charge in [-0.25, -0.2) is 0 Å². The summed E-state index contributed by atoms with van der Waals surface area (Å²) in [6.07, 6.45) is 0.376. The fraction of sp³-hybridized carbons (Fsp3) is 0.333. The first-order valence-corrected chi connectivity index (χ1v) is 4.13. The molecule has 1 aromatic rings. The molecular formula is C9H12ClNO. The Hall–Kier alpha value is -0.570. The first-order valence-electron chi connectivity index (χ1n) is 3.76. The number of nitrogens with two attached hydrogens (primary N) is 1. The van der Waals surface area contributed by atoms with Crippen molar-refractivity contribution in [3.8, 4) is 0 Å². The number of ether oxygens (including phenoxy) is 1. The van der Waals surface area contributed by atoms with Gasteiger partial charge in [0.25, 0.3) is 0 Å². The summed E-state index contributed by atoms with van der Waals surface area (Å²) in [4.78, 5) is 0. The molecule has 0 amide bonds. The van der Waals surface area contributed by atoms with E-state index in [-0.39, 0.29) is 6.23 Å². The molecule has 1 atom stereocenters. The lowest BCUT2D eigenvalue weighted by atomic mass is 10.1. The number of benzene rings is 1. The monoisotopic (exact) mass is 185 g/mol. The van der Waals surface area contributed by atoms with Gasteiger partial charge in [0.15, 0.2) is 0 Å². The summed E-state index contributed by atoms with van der Waals surface area (Å²) < 4.78 is 4.93. The van der Waals surface area contributed by atoms with E-state index in [4.69, 9.17) is 22.1 Å². The van der Waals surface area contributed by atoms with Gasteiger partial charge in [-0.2, -0.15) is 0 Å². The second-order valence-electron chi connectivity index (χ2n) is 2.57. The molecule has 0 aliphatic rings. The van der Waals surface area contributed by atoms with Crippen molar-refractivity contribution in [2.45, 2.75) is 12.6 Å². The molecule has 12 heavy (non-hydrogen) atoms. The lowest BCUT2D eigenvalue weighted by Gasteiger charge is -2.09. The molecule has 0 spiro atoms. The maximum atomic E-state index is 5.91. The minimum atomic E-state index is -0.273. The zero-order valence-electron chi connectivity index (χ0n) is 6.96. The average Bonchev–Trinajstić information content (AvgIpc) is 2.09. The highest BCUT2D eigenvalue weighted by Crippen LogP contribution is 2.15. The second-order valence-corrected chi connectivity index (χ2v) is 2.98. The van der Waals surface area contributed by atoms with Gasteiger partial charge in [0.1, 0.15) is 6.23 Å². The van der Waals surface area contributed by atoms with E-state index in [1.165, 1.54) is 0 Å². The van der Waals surface area contributed by atoms with Crippen molar-refractivity contribution >= 4 is 11.6 Å². The van der Waals surface area contributed by atoms with Crippen LogP contribution in [0.1, 0.15) is 5.56 Å². The molecule has 1 aromatic carbocycles. The lowest BCUT2D eigenvalue weighted by molar-refractivity contribution is 0.109. The van der Waals surface area contributed by atoms with Crippen LogP contribution >= 0.6 is 11.6 Å². The zero-order chi connectivity index (χ0) is 8.97. The maximum Gasteiger partial charge on any atom is 0.109 e. The van der Waals surface area contributed by atoms with Crippen LogP contribution in [0.4, 0.5) is 0 Å². The van der Waals surface area contributed by atoms with Gasteiger partial charge in [0.2, 0.25) is 0 Å². The molecular weight excluding hydrogens is 174 g/mol. The number of hydrogen-bond donors (Lipinski definition) is 1. The van der Waals surface area contributed by atoms with Gasteiger partial charge < -0.3 is 10.5 Å². The summed E-state index contributed by atoms with van der Waals surface area (Å²) in [5, 5.41) is 0.741. The van der Waals surface area contributed by atoms with Crippen molar-refractivity contribution in [2.75, 3.05) is 7.11 Å². The van der Waals surface area contributed by atoms with Gasteiger partial charge in [-0.15, -0.1) is 0 Å². The molecule has 0 heterocycles. The van der Waals surface area contributed by atoms with Gasteiger partial charge >= 0.3 is 0 Å². The van der Waals surface area contributed by atoms with Crippen LogP contribution in [0.25, 0.3) is 0 Å². The van der Waals surface area contributed by atoms with Gasteiger partial charge in [-0.05, 0) is 11.6 Å². The molecule has 66 valence electrons. The van der Waals surface area contributed by atoms with E-state index in [9.17, 15) is 0 Å². The third kappa shape index (κ3) is 2.48. The molecule has 0 aromatic heterocycles. The lowest BCUT2D eigenvalue weighted by Crippen LogP contribution is -2.24. The Kier molecular flexibility index (Phi) is 3.53. The third-order valence-electron chi connectivity index (χ3n) is 1.68. The molecule has 1 unspecified atom stereocenters. The fourth-order valence-electron chi connectivity index (χ4n) is 0.964. The first kappa shape index (κ1) is 9.52. The van der Waals surface area contributed by atoms with E-state index >= 15 is 0 Å². The highest BCUT2D eigenvalue weighted by molar-refractivity contribution is 6.31. The Morgan fingerprint density at radius 3 is 2.75 bits per heavy atom. The van der Waals surface area contributed by atoms with Crippen LogP contribution in [0, 0.1) is 0 Å². The second kappa shape index (κ2) is 4.45. The Balaban J connectivity index is 2.69.